The average Bonchev–Trinajstić information content (AvgIpc) is 3.27. The number of benzene rings is 1. The quantitative estimate of drug-likeness (QED) is 0.488. The predicted molar refractivity (Wildman–Crippen MR) is 131 cm³/mol. The molecule has 1 saturated heterocycles. The molecule has 9 nitrogen and oxygen atoms in total. The highest BCUT2D eigenvalue weighted by molar-refractivity contribution is 6.30. The number of methoxy groups -OCH3 is 1. The summed E-state index contributed by atoms with van der Waals surface area (Å²) in [6, 6.07) is 6.57. The highest BCUT2D eigenvalue weighted by Crippen LogP contribution is 2.40. The van der Waals surface area contributed by atoms with Gasteiger partial charge in [-0.1, -0.05) is 11.6 Å². The maximum atomic E-state index is 13.8. The van der Waals surface area contributed by atoms with Crippen LogP contribution < -0.4 is 15.0 Å². The lowest BCUT2D eigenvalue weighted by Crippen LogP contribution is -2.48. The Kier molecular flexibility index (Phi) is 6.75. The van der Waals surface area contributed by atoms with E-state index in [1.165, 1.54) is 12.1 Å². The molecule has 1 aliphatic carbocycles. The van der Waals surface area contributed by atoms with E-state index in [4.69, 9.17) is 21.1 Å². The highest BCUT2D eigenvalue weighted by Gasteiger charge is 2.43. The molecule has 2 fully saturated rings. The molecule has 1 saturated carbocycles. The molecular formula is C24H29ClFN7O2. The van der Waals surface area contributed by atoms with E-state index >= 15 is 0 Å². The first kappa shape index (κ1) is 23.7. The number of nitrogens with one attached hydrogen (secondary N) is 1. The maximum Gasteiger partial charge on any atom is 0.322 e. The van der Waals surface area contributed by atoms with Crippen LogP contribution in [-0.2, 0) is 11.3 Å². The molecule has 4 atom stereocenters. The lowest BCUT2D eigenvalue weighted by molar-refractivity contribution is 0.0973. The Bertz CT molecular complexity index is 1160. The van der Waals surface area contributed by atoms with Crippen LogP contribution in [0.5, 0.6) is 11.8 Å². The molecule has 3 aromatic rings. The van der Waals surface area contributed by atoms with Gasteiger partial charge in [-0.3, -0.25) is 0 Å². The van der Waals surface area contributed by atoms with Gasteiger partial charge in [-0.2, -0.15) is 4.98 Å². The van der Waals surface area contributed by atoms with E-state index in [1.807, 2.05) is 19.9 Å². The Labute approximate surface area is 208 Å². The Balaban J connectivity index is 1.34. The maximum absolute atomic E-state index is 13.8. The minimum atomic E-state index is -0.482. The predicted octanol–water partition coefficient (Wildman–Crippen LogP) is 4.32. The zero-order chi connectivity index (χ0) is 24.5. The smallest absolute Gasteiger partial charge is 0.322 e. The summed E-state index contributed by atoms with van der Waals surface area (Å²) in [5.74, 6) is 2.13. The third kappa shape index (κ3) is 5.33. The molecule has 0 radical (unpaired) electrons. The number of aryl methyl sites for hydroxylation is 1. The van der Waals surface area contributed by atoms with Crippen molar-refractivity contribution in [3.05, 3.63) is 47.1 Å². The van der Waals surface area contributed by atoms with Gasteiger partial charge in [0.15, 0.2) is 0 Å². The van der Waals surface area contributed by atoms with Gasteiger partial charge in [0.1, 0.15) is 23.7 Å². The molecule has 35 heavy (non-hydrogen) atoms. The van der Waals surface area contributed by atoms with E-state index in [9.17, 15) is 4.39 Å². The zero-order valence-corrected chi connectivity index (χ0v) is 20.7. The number of hydrogen-bond donors (Lipinski definition) is 1. The van der Waals surface area contributed by atoms with Crippen LogP contribution in [0.25, 0.3) is 0 Å². The molecule has 2 aromatic heterocycles. The molecule has 1 aliphatic heterocycles. The van der Waals surface area contributed by atoms with Crippen molar-refractivity contribution in [1.29, 1.82) is 0 Å². The first-order chi connectivity index (χ1) is 16.9. The van der Waals surface area contributed by atoms with E-state index < -0.39 is 5.82 Å². The molecule has 3 heterocycles. The van der Waals surface area contributed by atoms with Gasteiger partial charge in [-0.25, -0.2) is 19.0 Å². The highest BCUT2D eigenvalue weighted by atomic mass is 35.5. The van der Waals surface area contributed by atoms with E-state index in [-0.39, 0.29) is 28.9 Å². The molecule has 2 unspecified atom stereocenters. The van der Waals surface area contributed by atoms with Crippen molar-refractivity contribution in [1.82, 2.24) is 24.7 Å². The first-order valence-corrected chi connectivity index (χ1v) is 12.2. The normalized spacial score (nSPS) is 22.3. The van der Waals surface area contributed by atoms with Gasteiger partial charge >= 0.3 is 6.01 Å². The average molecular weight is 502 g/mol. The van der Waals surface area contributed by atoms with Crippen molar-refractivity contribution >= 4 is 23.4 Å². The molecule has 5 rings (SSSR count). The van der Waals surface area contributed by atoms with Gasteiger partial charge in [-0.15, -0.1) is 5.10 Å². The number of piperidine rings is 1. The molecule has 0 amide bonds. The van der Waals surface area contributed by atoms with E-state index in [0.717, 1.165) is 37.4 Å². The van der Waals surface area contributed by atoms with Gasteiger partial charge in [0.25, 0.3) is 0 Å². The molecule has 2 aliphatic rings. The van der Waals surface area contributed by atoms with Gasteiger partial charge in [0.2, 0.25) is 5.95 Å². The fraction of sp³-hybridized carbons (Fsp3) is 0.500. The molecule has 2 bridgehead atoms. The van der Waals surface area contributed by atoms with Crippen LogP contribution in [0.4, 0.5) is 16.2 Å². The molecular weight excluding hydrogens is 473 g/mol. The van der Waals surface area contributed by atoms with Crippen molar-refractivity contribution in [2.45, 2.75) is 45.4 Å². The second kappa shape index (κ2) is 9.94. The molecule has 1 N–H and O–H groups in total. The monoisotopic (exact) mass is 501 g/mol. The third-order valence-corrected chi connectivity index (χ3v) is 6.98. The second-order valence-corrected chi connectivity index (χ2v) is 9.78. The summed E-state index contributed by atoms with van der Waals surface area (Å²) in [7, 11) is 1.64. The van der Waals surface area contributed by atoms with Gasteiger partial charge < -0.3 is 19.7 Å². The van der Waals surface area contributed by atoms with Crippen molar-refractivity contribution in [3.63, 3.8) is 0 Å². The van der Waals surface area contributed by atoms with E-state index in [2.05, 4.69) is 30.3 Å². The molecule has 1 aromatic carbocycles. The summed E-state index contributed by atoms with van der Waals surface area (Å²) < 4.78 is 26.8. The number of hydrogen-bond acceptors (Lipinski definition) is 8. The Morgan fingerprint density at radius 1 is 1.17 bits per heavy atom. The van der Waals surface area contributed by atoms with Crippen molar-refractivity contribution < 1.29 is 13.9 Å². The van der Waals surface area contributed by atoms with Crippen molar-refractivity contribution in [3.8, 4) is 11.8 Å². The summed E-state index contributed by atoms with van der Waals surface area (Å²) in [5, 5.41) is 8.46. The lowest BCUT2D eigenvalue weighted by Gasteiger charge is -2.38. The third-order valence-electron chi connectivity index (χ3n) is 6.76. The number of anilines is 2. The SMILES string of the molecule is COC(C)Cn1nc(NC2[C@@H]3CC[C@H]2CN(c2cc(C)ncn2)C3)nc1Oc1cc(F)cc(Cl)c1. The topological polar surface area (TPSA) is 90.2 Å². The van der Waals surface area contributed by atoms with Crippen LogP contribution in [0.2, 0.25) is 5.02 Å². The number of nitrogens with zero attached hydrogens (tertiary/aromatic N) is 6. The van der Waals surface area contributed by atoms with Crippen molar-refractivity contribution in [2.75, 3.05) is 30.4 Å². The standard InChI is InChI=1S/C24H29ClFN7O2/c1-14-6-21(28-13-27-14)32-11-16-4-5-17(12-32)22(16)29-23-30-24(33(31-23)10-15(2)34-3)35-20-8-18(25)7-19(26)9-20/h6-9,13,15-17,22H,4-5,10-12H2,1-3H3,(H,29,31)/t15?,16-,17+,22?. The molecule has 11 heteroatoms. The van der Waals surface area contributed by atoms with Crippen LogP contribution >= 0.6 is 11.6 Å². The van der Waals surface area contributed by atoms with Gasteiger partial charge in [-0.05, 0) is 50.7 Å². The Morgan fingerprint density at radius 3 is 2.63 bits per heavy atom. The van der Waals surface area contributed by atoms with Crippen LogP contribution in [-0.4, -0.2) is 57.1 Å². The minimum absolute atomic E-state index is 0.112. The number of fused-ring (bicyclic) bond motifs is 2. The Hall–Kier alpha value is -2.98. The number of halogens is 2. The number of rotatable bonds is 8. The van der Waals surface area contributed by atoms with Crippen molar-refractivity contribution in [2.24, 2.45) is 11.8 Å². The first-order valence-electron chi connectivity index (χ1n) is 11.8. The summed E-state index contributed by atoms with van der Waals surface area (Å²) in [5.41, 5.74) is 0.967. The molecule has 0 spiro atoms. The summed E-state index contributed by atoms with van der Waals surface area (Å²) in [6.07, 6.45) is 3.78. The molecule has 186 valence electrons. The Morgan fingerprint density at radius 2 is 1.94 bits per heavy atom. The second-order valence-electron chi connectivity index (χ2n) is 9.34. The fourth-order valence-corrected chi connectivity index (χ4v) is 5.21. The zero-order valence-electron chi connectivity index (χ0n) is 20.0. The number of ether oxygens (including phenoxy) is 2. The number of aromatic nitrogens is 5. The van der Waals surface area contributed by atoms with Crippen LogP contribution in [0.3, 0.4) is 0 Å². The minimum Gasteiger partial charge on any atom is -0.424 e. The largest absolute Gasteiger partial charge is 0.424 e. The summed E-state index contributed by atoms with van der Waals surface area (Å²) in [6.45, 7) is 6.18. The summed E-state index contributed by atoms with van der Waals surface area (Å²) >= 11 is 5.99. The van der Waals surface area contributed by atoms with E-state index in [0.29, 0.717) is 24.3 Å². The van der Waals surface area contributed by atoms with Crippen LogP contribution in [0, 0.1) is 24.6 Å². The fourth-order valence-electron chi connectivity index (χ4n) is 5.00. The summed E-state index contributed by atoms with van der Waals surface area (Å²) in [4.78, 5) is 15.6. The van der Waals surface area contributed by atoms with E-state index in [1.54, 1.807) is 24.2 Å². The lowest BCUT2D eigenvalue weighted by atomic mass is 9.92. The van der Waals surface area contributed by atoms with Crippen LogP contribution in [0.15, 0.2) is 30.6 Å². The van der Waals surface area contributed by atoms with Gasteiger partial charge in [0, 0.05) is 49.1 Å². The van der Waals surface area contributed by atoms with Crippen LogP contribution in [0.1, 0.15) is 25.5 Å². The van der Waals surface area contributed by atoms with Gasteiger partial charge in [0.05, 0.1) is 12.6 Å².